The van der Waals surface area contributed by atoms with E-state index in [1.165, 1.54) is 37.9 Å². The lowest BCUT2D eigenvalue weighted by Crippen LogP contribution is -2.26. The van der Waals surface area contributed by atoms with Crippen LogP contribution in [0.3, 0.4) is 0 Å². The minimum atomic E-state index is 0.953. The van der Waals surface area contributed by atoms with Gasteiger partial charge in [-0.2, -0.15) is 4.57 Å². The molecule has 3 heterocycles. The van der Waals surface area contributed by atoms with Crippen LogP contribution in [0.25, 0.3) is 40.0 Å². The largest absolute Gasteiger partial charge is 0.346 e. The van der Waals surface area contributed by atoms with E-state index in [1.807, 2.05) is 34.0 Å². The number of hydrogen-bond acceptors (Lipinski definition) is 5. The average molecular weight is 602 g/mol. The van der Waals surface area contributed by atoms with E-state index in [0.717, 1.165) is 29.6 Å². The summed E-state index contributed by atoms with van der Waals surface area (Å²) < 4.78 is 6.92. The third kappa shape index (κ3) is 6.86. The molecule has 5 aromatic rings. The predicted molar refractivity (Wildman–Crippen MR) is 183 cm³/mol. The van der Waals surface area contributed by atoms with Gasteiger partial charge in [-0.1, -0.05) is 93.7 Å². The van der Waals surface area contributed by atoms with Crippen LogP contribution in [0, 0.1) is 0 Å². The molecule has 8 heteroatoms. The molecule has 40 heavy (non-hydrogen) atoms. The Kier molecular flexibility index (Phi) is 10.1. The average Bonchev–Trinajstić information content (AvgIpc) is 3.67. The molecule has 0 aliphatic rings. The molecular formula is C32H33N4S4+. The van der Waals surface area contributed by atoms with Crippen LogP contribution in [0.15, 0.2) is 95.6 Å². The van der Waals surface area contributed by atoms with E-state index < -0.39 is 0 Å². The van der Waals surface area contributed by atoms with Gasteiger partial charge in [0.1, 0.15) is 7.05 Å². The molecule has 204 valence electrons. The van der Waals surface area contributed by atoms with Gasteiger partial charge in [0.05, 0.1) is 10.4 Å². The fourth-order valence-electron chi connectivity index (χ4n) is 4.65. The minimum absolute atomic E-state index is 0.953. The molecule has 3 aromatic heterocycles. The van der Waals surface area contributed by atoms with Crippen LogP contribution in [-0.2, 0) is 20.1 Å². The van der Waals surface area contributed by atoms with Crippen LogP contribution >= 0.6 is 44.7 Å². The first kappa shape index (κ1) is 28.6. The molecule has 0 spiro atoms. The Morgan fingerprint density at radius 3 is 2.05 bits per heavy atom. The molecule has 0 atom stereocenters. The number of rotatable bonds is 12. The van der Waals surface area contributed by atoms with Gasteiger partial charge in [-0.25, -0.2) is 0 Å². The molecule has 0 N–H and O–H groups in total. The van der Waals surface area contributed by atoms with Gasteiger partial charge >= 0.3 is 0 Å². The summed E-state index contributed by atoms with van der Waals surface area (Å²) in [6.45, 7) is 5.76. The Balaban J connectivity index is 1.17. The Morgan fingerprint density at radius 1 is 0.900 bits per heavy atom. The van der Waals surface area contributed by atoms with Crippen LogP contribution in [0.4, 0.5) is 0 Å². The van der Waals surface area contributed by atoms with E-state index in [9.17, 15) is 0 Å². The summed E-state index contributed by atoms with van der Waals surface area (Å²) >= 11 is 3.30. The van der Waals surface area contributed by atoms with Crippen molar-refractivity contribution in [2.24, 2.45) is 12.0 Å². The molecule has 0 radical (unpaired) electrons. The lowest BCUT2D eigenvalue weighted by atomic mass is 10.1. The van der Waals surface area contributed by atoms with Crippen molar-refractivity contribution < 1.29 is 4.57 Å². The van der Waals surface area contributed by atoms with Gasteiger partial charge in [-0.05, 0) is 29.7 Å². The van der Waals surface area contributed by atoms with Crippen molar-refractivity contribution in [1.29, 1.82) is 0 Å². The van der Waals surface area contributed by atoms with E-state index in [2.05, 4.69) is 129 Å². The summed E-state index contributed by atoms with van der Waals surface area (Å²) in [6.07, 6.45) is 15.3. The van der Waals surface area contributed by atoms with E-state index in [4.69, 9.17) is 0 Å². The topological polar surface area (TPSA) is 26.1 Å². The number of thioether (sulfide) groups is 1. The molecule has 0 saturated carbocycles. The lowest BCUT2D eigenvalue weighted by Gasteiger charge is -2.06. The second-order valence-electron chi connectivity index (χ2n) is 9.10. The fraction of sp³-hybridized carbons (Fsp3) is 0.188. The second-order valence-corrected chi connectivity index (χ2v) is 13.7. The summed E-state index contributed by atoms with van der Waals surface area (Å²) in [5.74, 6) is 2.12. The number of nitrogens with zero attached hydrogens (tertiary/aromatic N) is 4. The molecular weight excluding hydrogens is 569 g/mol. The van der Waals surface area contributed by atoms with E-state index in [0.29, 0.717) is 0 Å². The van der Waals surface area contributed by atoms with Crippen LogP contribution in [-0.4, -0.2) is 32.7 Å². The monoisotopic (exact) mass is 601 g/mol. The maximum absolute atomic E-state index is 4.32. The molecule has 0 saturated heterocycles. The smallest absolute Gasteiger partial charge is 0.261 e. The Bertz CT molecular complexity index is 1690. The zero-order valence-electron chi connectivity index (χ0n) is 22.8. The van der Waals surface area contributed by atoms with Gasteiger partial charge in [0.15, 0.2) is 6.20 Å². The van der Waals surface area contributed by atoms with E-state index >= 15 is 0 Å². The number of aryl methyl sites for hydroxylation is 3. The molecule has 5 rings (SSSR count). The van der Waals surface area contributed by atoms with Crippen LogP contribution < -0.4 is 4.57 Å². The highest BCUT2D eigenvalue weighted by Gasteiger charge is 2.09. The molecule has 4 nitrogen and oxygen atoms in total. The molecule has 0 amide bonds. The van der Waals surface area contributed by atoms with Gasteiger partial charge in [0, 0.05) is 83.0 Å². The number of hydrogen-bond donors (Lipinski definition) is 0. The van der Waals surface area contributed by atoms with Crippen molar-refractivity contribution in [3.8, 4) is 0 Å². The Hall–Kier alpha value is -2.91. The van der Waals surface area contributed by atoms with Gasteiger partial charge < -0.3 is 9.13 Å². The standard InChI is InChI=1S/C32H33N4S4/c1-4-37-31(33-2)15-13-25-23-35(29-11-7-5-9-27(25)29)18-21-39-40-22-19-36-24-26(28-10-6-8-12-30(28)36)14-16-32-34(3)17-20-38-32/h4-17,20,23-24H,1,18-19,21-22H2,2-3H3/q+1/b15-13+,33-31?. The minimum Gasteiger partial charge on any atom is -0.346 e. The number of aromatic nitrogens is 3. The number of thiazole rings is 1. The van der Waals surface area contributed by atoms with E-state index in [-0.39, 0.29) is 0 Å². The highest BCUT2D eigenvalue weighted by Crippen LogP contribution is 2.28. The summed E-state index contributed by atoms with van der Waals surface area (Å²) in [6, 6.07) is 17.3. The number of aliphatic imine (C=N–C) groups is 1. The second kappa shape index (κ2) is 14.1. The predicted octanol–water partition coefficient (Wildman–Crippen LogP) is 8.65. The third-order valence-electron chi connectivity index (χ3n) is 6.61. The normalized spacial score (nSPS) is 12.5. The summed E-state index contributed by atoms with van der Waals surface area (Å²) in [4.78, 5) is 4.32. The first-order valence-electron chi connectivity index (χ1n) is 13.1. The highest BCUT2D eigenvalue weighted by molar-refractivity contribution is 8.76. The molecule has 0 aliphatic heterocycles. The van der Waals surface area contributed by atoms with Crippen molar-refractivity contribution in [1.82, 2.24) is 9.13 Å². The number of fused-ring (bicyclic) bond motifs is 2. The van der Waals surface area contributed by atoms with Gasteiger partial charge in [-0.3, -0.25) is 4.99 Å². The number of benzene rings is 2. The van der Waals surface area contributed by atoms with Gasteiger partial charge in [-0.15, -0.1) is 0 Å². The maximum atomic E-state index is 4.32. The summed E-state index contributed by atoms with van der Waals surface area (Å²) in [7, 11) is 7.81. The van der Waals surface area contributed by atoms with Gasteiger partial charge in [0.2, 0.25) is 0 Å². The molecule has 0 fully saturated rings. The number of para-hydroxylation sites is 2. The Morgan fingerprint density at radius 2 is 1.50 bits per heavy atom. The van der Waals surface area contributed by atoms with Crippen molar-refractivity contribution in [2.45, 2.75) is 13.1 Å². The van der Waals surface area contributed by atoms with Crippen molar-refractivity contribution in [3.05, 3.63) is 107 Å². The first-order valence-corrected chi connectivity index (χ1v) is 17.4. The van der Waals surface area contributed by atoms with Gasteiger partial charge in [0.25, 0.3) is 5.01 Å². The van der Waals surface area contributed by atoms with E-state index in [1.54, 1.807) is 23.1 Å². The molecule has 0 bridgehead atoms. The first-order chi connectivity index (χ1) is 19.7. The quantitative estimate of drug-likeness (QED) is 0.0471. The van der Waals surface area contributed by atoms with Crippen LogP contribution in [0.1, 0.15) is 16.1 Å². The fourth-order valence-corrected chi connectivity index (χ4v) is 7.77. The van der Waals surface area contributed by atoms with Crippen LogP contribution in [0.5, 0.6) is 0 Å². The molecule has 2 aromatic carbocycles. The van der Waals surface area contributed by atoms with Crippen molar-refractivity contribution in [3.63, 3.8) is 0 Å². The van der Waals surface area contributed by atoms with Crippen molar-refractivity contribution >= 4 is 89.8 Å². The lowest BCUT2D eigenvalue weighted by molar-refractivity contribution is -0.668. The highest BCUT2D eigenvalue weighted by atomic mass is 33.1. The van der Waals surface area contributed by atoms with Crippen molar-refractivity contribution in [2.75, 3.05) is 18.6 Å². The summed E-state index contributed by atoms with van der Waals surface area (Å²) in [5, 5.41) is 8.71. The Labute approximate surface area is 252 Å². The SMILES string of the molecule is C=CSC(/C=C/c1cn(CCSSCCn2cc(/C=C/c3scc[n+]3C)c3ccccc32)c2ccccc12)=NC. The third-order valence-corrected chi connectivity index (χ3v) is 10.6. The zero-order chi connectivity index (χ0) is 27.7. The zero-order valence-corrected chi connectivity index (χ0v) is 26.0. The van der Waals surface area contributed by atoms with Crippen LogP contribution in [0.2, 0.25) is 0 Å². The maximum Gasteiger partial charge on any atom is 0.261 e. The summed E-state index contributed by atoms with van der Waals surface area (Å²) in [5.41, 5.74) is 5.06. The molecule has 0 aliphatic carbocycles. The molecule has 0 unspecified atom stereocenters.